The molecule has 2 aromatic heterocycles. The molecule has 0 spiro atoms. The van der Waals surface area contributed by atoms with Crippen molar-refractivity contribution in [2.24, 2.45) is 0 Å². The Morgan fingerprint density at radius 1 is 0.525 bits per heavy atom. The Bertz CT molecular complexity index is 1880. The van der Waals surface area contributed by atoms with Gasteiger partial charge in [0.2, 0.25) is 0 Å². The Hall–Kier alpha value is -4.96. The quantitative estimate of drug-likeness (QED) is 0.239. The van der Waals surface area contributed by atoms with Crippen LogP contribution < -0.4 is 0 Å². The molecule has 0 saturated carbocycles. The lowest BCUT2D eigenvalue weighted by Gasteiger charge is -2.22. The van der Waals surface area contributed by atoms with E-state index in [4.69, 9.17) is 15.0 Å². The van der Waals surface area contributed by atoms with E-state index < -0.39 is 0 Å². The highest BCUT2D eigenvalue weighted by atomic mass is 15.0. The molecule has 4 nitrogen and oxygen atoms in total. The predicted octanol–water partition coefficient (Wildman–Crippen LogP) is 8.15. The van der Waals surface area contributed by atoms with Gasteiger partial charge in [0.05, 0.1) is 0 Å². The summed E-state index contributed by atoms with van der Waals surface area (Å²) >= 11 is 0. The van der Waals surface area contributed by atoms with E-state index in [0.717, 1.165) is 23.2 Å². The second kappa shape index (κ2) is 8.52. The van der Waals surface area contributed by atoms with Gasteiger partial charge in [-0.1, -0.05) is 86.6 Å². The van der Waals surface area contributed by atoms with Crippen LogP contribution in [0.25, 0.3) is 56.5 Å². The lowest BCUT2D eigenvalue weighted by molar-refractivity contribution is 0.660. The maximum Gasteiger partial charge on any atom is 0.182 e. The predicted molar refractivity (Wildman–Crippen MR) is 160 cm³/mol. The molecule has 2 aliphatic carbocycles. The Kier molecular flexibility index (Phi) is 4.89. The van der Waals surface area contributed by atoms with E-state index in [1.807, 2.05) is 48.5 Å². The number of fused-ring (bicyclic) bond motifs is 6. The van der Waals surface area contributed by atoms with E-state index in [-0.39, 0.29) is 5.41 Å². The highest BCUT2D eigenvalue weighted by Crippen LogP contribution is 2.52. The molecule has 2 heterocycles. The van der Waals surface area contributed by atoms with Gasteiger partial charge in [0, 0.05) is 22.7 Å². The molecule has 2 aliphatic rings. The summed E-state index contributed by atoms with van der Waals surface area (Å²) < 4.78 is 0. The van der Waals surface area contributed by atoms with Crippen molar-refractivity contribution in [1.29, 1.82) is 0 Å². The number of benzene rings is 4. The van der Waals surface area contributed by atoms with Crippen LogP contribution in [0.3, 0.4) is 0 Å². The number of hydrogen-bond donors (Lipinski definition) is 0. The van der Waals surface area contributed by atoms with E-state index in [2.05, 4.69) is 73.4 Å². The van der Waals surface area contributed by atoms with Crippen molar-refractivity contribution in [3.63, 3.8) is 0 Å². The molecule has 0 fully saturated rings. The molecule has 0 radical (unpaired) electrons. The molecule has 0 N–H and O–H groups in total. The summed E-state index contributed by atoms with van der Waals surface area (Å²) in [5.74, 6) is 1.88. The van der Waals surface area contributed by atoms with E-state index in [1.165, 1.54) is 44.5 Å². The molecule has 4 heteroatoms. The Morgan fingerprint density at radius 3 is 2.08 bits per heavy atom. The molecule has 6 aromatic rings. The highest BCUT2D eigenvalue weighted by Gasteiger charge is 2.37. The first-order chi connectivity index (χ1) is 19.6. The van der Waals surface area contributed by atoms with E-state index in [9.17, 15) is 0 Å². The van der Waals surface area contributed by atoms with Crippen LogP contribution in [0.2, 0.25) is 0 Å². The third kappa shape index (κ3) is 3.46. The normalized spacial score (nSPS) is 13.8. The molecule has 0 aliphatic heterocycles. The van der Waals surface area contributed by atoms with Gasteiger partial charge in [-0.2, -0.15) is 0 Å². The zero-order chi connectivity index (χ0) is 26.8. The molecule has 4 aromatic carbocycles. The zero-order valence-electron chi connectivity index (χ0n) is 22.4. The fourth-order valence-electron chi connectivity index (χ4n) is 6.37. The molecule has 0 saturated heterocycles. The van der Waals surface area contributed by atoms with Gasteiger partial charge < -0.3 is 0 Å². The monoisotopic (exact) mass is 514 g/mol. The van der Waals surface area contributed by atoms with Crippen molar-refractivity contribution in [3.05, 3.63) is 132 Å². The van der Waals surface area contributed by atoms with Gasteiger partial charge in [-0.3, -0.25) is 4.98 Å². The maximum absolute atomic E-state index is 4.92. The lowest BCUT2D eigenvalue weighted by atomic mass is 9.81. The van der Waals surface area contributed by atoms with Crippen molar-refractivity contribution in [1.82, 2.24) is 19.9 Å². The third-order valence-corrected chi connectivity index (χ3v) is 8.40. The lowest BCUT2D eigenvalue weighted by Crippen LogP contribution is -2.15. The highest BCUT2D eigenvalue weighted by molar-refractivity contribution is 5.88. The summed E-state index contributed by atoms with van der Waals surface area (Å²) in [6.45, 7) is 4.68. The minimum absolute atomic E-state index is 0.00968. The summed E-state index contributed by atoms with van der Waals surface area (Å²) in [5, 5.41) is 0. The van der Waals surface area contributed by atoms with E-state index in [1.54, 1.807) is 6.20 Å². The van der Waals surface area contributed by atoms with Gasteiger partial charge in [-0.25, -0.2) is 15.0 Å². The summed E-state index contributed by atoms with van der Waals surface area (Å²) in [5.41, 5.74) is 13.6. The van der Waals surface area contributed by atoms with Crippen LogP contribution in [0, 0.1) is 0 Å². The minimum atomic E-state index is -0.00968. The topological polar surface area (TPSA) is 51.6 Å². The van der Waals surface area contributed by atoms with E-state index >= 15 is 0 Å². The fraction of sp³-hybridized carbons (Fsp3) is 0.111. The number of pyridine rings is 1. The number of aromatic nitrogens is 4. The molecular weight excluding hydrogens is 488 g/mol. The molecule has 40 heavy (non-hydrogen) atoms. The van der Waals surface area contributed by atoms with Crippen molar-refractivity contribution < 1.29 is 0 Å². The minimum Gasteiger partial charge on any atom is -0.253 e. The average Bonchev–Trinajstić information content (AvgIpc) is 3.48. The van der Waals surface area contributed by atoms with Crippen LogP contribution in [0.15, 0.2) is 109 Å². The standard InChI is InChI=1S/C36H26N4/c1-36(2)30-13-7-6-12-27(30)29-20-25-19-24-18-23(15-16-26(24)28(25)21-31(29)36)34-38-33(22-10-4-3-5-11-22)39-35(40-34)32-14-8-9-17-37-32/h3-18,20-21H,19H2,1-2H3. The molecule has 0 bridgehead atoms. The first kappa shape index (κ1) is 23.0. The Labute approximate surface area is 233 Å². The van der Waals surface area contributed by atoms with Crippen molar-refractivity contribution in [2.45, 2.75) is 25.7 Å². The number of rotatable bonds is 3. The van der Waals surface area contributed by atoms with Gasteiger partial charge in [0.25, 0.3) is 0 Å². The van der Waals surface area contributed by atoms with Crippen LogP contribution >= 0.6 is 0 Å². The van der Waals surface area contributed by atoms with Crippen LogP contribution in [0.4, 0.5) is 0 Å². The summed E-state index contributed by atoms with van der Waals surface area (Å²) in [6.07, 6.45) is 2.67. The van der Waals surface area contributed by atoms with Gasteiger partial charge >= 0.3 is 0 Å². The van der Waals surface area contributed by atoms with Crippen molar-refractivity contribution in [2.75, 3.05) is 0 Å². The fourth-order valence-corrected chi connectivity index (χ4v) is 6.37. The van der Waals surface area contributed by atoms with Crippen LogP contribution in [0.5, 0.6) is 0 Å². The number of hydrogen-bond acceptors (Lipinski definition) is 4. The van der Waals surface area contributed by atoms with Crippen molar-refractivity contribution >= 4 is 0 Å². The average molecular weight is 515 g/mol. The van der Waals surface area contributed by atoms with Crippen LogP contribution in [0.1, 0.15) is 36.1 Å². The molecule has 0 unspecified atom stereocenters. The Morgan fingerprint density at radius 2 is 1.25 bits per heavy atom. The smallest absolute Gasteiger partial charge is 0.182 e. The van der Waals surface area contributed by atoms with Crippen LogP contribution in [-0.4, -0.2) is 19.9 Å². The van der Waals surface area contributed by atoms with Gasteiger partial charge in [0.15, 0.2) is 17.5 Å². The molecule has 8 rings (SSSR count). The van der Waals surface area contributed by atoms with Crippen molar-refractivity contribution in [3.8, 4) is 56.5 Å². The first-order valence-corrected chi connectivity index (χ1v) is 13.7. The van der Waals surface area contributed by atoms with Gasteiger partial charge in [0.1, 0.15) is 5.69 Å². The molecule has 0 atom stereocenters. The summed E-state index contributed by atoms with van der Waals surface area (Å²) in [6, 6.07) is 36.2. The Balaban J connectivity index is 1.24. The zero-order valence-corrected chi connectivity index (χ0v) is 22.4. The first-order valence-electron chi connectivity index (χ1n) is 13.7. The second-order valence-electron chi connectivity index (χ2n) is 11.2. The summed E-state index contributed by atoms with van der Waals surface area (Å²) in [4.78, 5) is 19.1. The molecule has 190 valence electrons. The van der Waals surface area contributed by atoms with Gasteiger partial charge in [-0.05, 0) is 81.3 Å². The van der Waals surface area contributed by atoms with Crippen LogP contribution in [-0.2, 0) is 11.8 Å². The molecule has 0 amide bonds. The van der Waals surface area contributed by atoms with E-state index in [0.29, 0.717) is 17.5 Å². The second-order valence-corrected chi connectivity index (χ2v) is 11.2. The van der Waals surface area contributed by atoms with Gasteiger partial charge in [-0.15, -0.1) is 0 Å². The summed E-state index contributed by atoms with van der Waals surface area (Å²) in [7, 11) is 0. The third-order valence-electron chi connectivity index (χ3n) is 8.40. The largest absolute Gasteiger partial charge is 0.253 e. The SMILES string of the molecule is CC1(C)c2ccccc2-c2cc3c(cc21)-c1ccc(-c2nc(-c4ccccc4)nc(-c4ccccn4)n2)cc1C3. The number of nitrogens with zero attached hydrogens (tertiary/aromatic N) is 4. The molecular formula is C36H26N4. The maximum atomic E-state index is 4.92.